The van der Waals surface area contributed by atoms with Gasteiger partial charge in [-0.3, -0.25) is 19.7 Å². The number of rotatable bonds is 6. The molecule has 4 amide bonds. The maximum absolute atomic E-state index is 12.5. The van der Waals surface area contributed by atoms with E-state index in [2.05, 4.69) is 17.6 Å². The Balaban J connectivity index is 1.49. The van der Waals surface area contributed by atoms with Gasteiger partial charge in [0.15, 0.2) is 6.10 Å². The predicted molar refractivity (Wildman–Crippen MR) is 111 cm³/mol. The van der Waals surface area contributed by atoms with E-state index in [-0.39, 0.29) is 24.9 Å². The quantitative estimate of drug-likeness (QED) is 0.694. The third kappa shape index (κ3) is 5.37. The molecule has 0 spiro atoms. The number of hydrogen-bond acceptors (Lipinski definition) is 5. The molecule has 1 heterocycles. The molecule has 2 atom stereocenters. The number of nitrogens with zero attached hydrogens (tertiary/aromatic N) is 1. The number of benzene rings is 1. The van der Waals surface area contributed by atoms with Crippen LogP contribution in [0.25, 0.3) is 0 Å². The number of carbonyl (C=O) groups is 4. The molecule has 3 rings (SSSR count). The normalized spacial score (nSPS) is 20.1. The molecule has 162 valence electrons. The van der Waals surface area contributed by atoms with Crippen molar-refractivity contribution in [3.05, 3.63) is 29.8 Å². The third-order valence-corrected chi connectivity index (χ3v) is 5.70. The lowest BCUT2D eigenvalue weighted by atomic mass is 10.1. The molecule has 1 aliphatic carbocycles. The summed E-state index contributed by atoms with van der Waals surface area (Å²) in [5.74, 6) is -2.11. The second kappa shape index (κ2) is 9.73. The molecule has 0 aromatic heterocycles. The van der Waals surface area contributed by atoms with Gasteiger partial charge in [-0.25, -0.2) is 4.79 Å². The molecule has 2 aliphatic rings. The SMILES string of the molecule is CCc1ccc(N2C[C@H](C(=O)O[C@@H](C)C(=O)NC(=O)NC3CCCC3)CC2=O)cc1. The van der Waals surface area contributed by atoms with Crippen LogP contribution in [0, 0.1) is 5.92 Å². The van der Waals surface area contributed by atoms with Crippen LogP contribution in [0.3, 0.4) is 0 Å². The van der Waals surface area contributed by atoms with Crippen LogP contribution in [-0.4, -0.2) is 42.5 Å². The number of aryl methyl sites for hydroxylation is 1. The van der Waals surface area contributed by atoms with E-state index in [0.29, 0.717) is 0 Å². The summed E-state index contributed by atoms with van der Waals surface area (Å²) in [5.41, 5.74) is 1.90. The van der Waals surface area contributed by atoms with Gasteiger partial charge in [0.25, 0.3) is 5.91 Å². The van der Waals surface area contributed by atoms with Crippen molar-refractivity contribution < 1.29 is 23.9 Å². The predicted octanol–water partition coefficient (Wildman–Crippen LogP) is 2.30. The third-order valence-electron chi connectivity index (χ3n) is 5.70. The average molecular weight is 415 g/mol. The van der Waals surface area contributed by atoms with Crippen molar-refractivity contribution >= 4 is 29.5 Å². The van der Waals surface area contributed by atoms with Crippen LogP contribution in [-0.2, 0) is 25.5 Å². The Morgan fingerprint density at radius 3 is 2.47 bits per heavy atom. The molecule has 1 saturated carbocycles. The van der Waals surface area contributed by atoms with E-state index < -0.39 is 29.9 Å². The van der Waals surface area contributed by atoms with E-state index >= 15 is 0 Å². The summed E-state index contributed by atoms with van der Waals surface area (Å²) >= 11 is 0. The number of amides is 4. The minimum Gasteiger partial charge on any atom is -0.452 e. The summed E-state index contributed by atoms with van der Waals surface area (Å²) in [6, 6.07) is 7.15. The number of anilines is 1. The molecule has 1 aliphatic heterocycles. The first kappa shape index (κ1) is 21.8. The maximum atomic E-state index is 12.5. The van der Waals surface area contributed by atoms with E-state index in [1.165, 1.54) is 6.92 Å². The molecule has 8 heteroatoms. The van der Waals surface area contributed by atoms with E-state index in [4.69, 9.17) is 4.74 Å². The van der Waals surface area contributed by atoms with Crippen LogP contribution < -0.4 is 15.5 Å². The zero-order valence-corrected chi connectivity index (χ0v) is 17.5. The van der Waals surface area contributed by atoms with Crippen molar-refractivity contribution in [2.45, 2.75) is 64.5 Å². The monoisotopic (exact) mass is 415 g/mol. The number of nitrogens with one attached hydrogen (secondary N) is 2. The summed E-state index contributed by atoms with van der Waals surface area (Å²) in [4.78, 5) is 50.5. The lowest BCUT2D eigenvalue weighted by Crippen LogP contribution is -2.47. The highest BCUT2D eigenvalue weighted by Gasteiger charge is 2.37. The largest absolute Gasteiger partial charge is 0.452 e. The number of esters is 1. The van der Waals surface area contributed by atoms with Crippen molar-refractivity contribution in [2.75, 3.05) is 11.4 Å². The Labute approximate surface area is 176 Å². The standard InChI is InChI=1S/C22H29N3O5/c1-3-15-8-10-18(11-9-15)25-13-16(12-19(25)26)21(28)30-14(2)20(27)24-22(29)23-17-6-4-5-7-17/h8-11,14,16-17H,3-7,12-13H2,1-2H3,(H2,23,24,27,29)/t14-,16+/m0/s1. The van der Waals surface area contributed by atoms with Gasteiger partial charge in [-0.05, 0) is 43.9 Å². The van der Waals surface area contributed by atoms with Crippen LogP contribution in [0.5, 0.6) is 0 Å². The van der Waals surface area contributed by atoms with Gasteiger partial charge >= 0.3 is 12.0 Å². The van der Waals surface area contributed by atoms with Crippen molar-refractivity contribution in [2.24, 2.45) is 5.92 Å². The lowest BCUT2D eigenvalue weighted by Gasteiger charge is -2.18. The molecule has 0 unspecified atom stereocenters. The summed E-state index contributed by atoms with van der Waals surface area (Å²) < 4.78 is 5.23. The zero-order chi connectivity index (χ0) is 21.7. The molecular formula is C22H29N3O5. The Hall–Kier alpha value is -2.90. The van der Waals surface area contributed by atoms with Crippen molar-refractivity contribution in [1.29, 1.82) is 0 Å². The first-order valence-corrected chi connectivity index (χ1v) is 10.6. The van der Waals surface area contributed by atoms with Crippen LogP contribution in [0.2, 0.25) is 0 Å². The summed E-state index contributed by atoms with van der Waals surface area (Å²) in [6.07, 6.45) is 3.74. The van der Waals surface area contributed by atoms with Gasteiger partial charge in [0, 0.05) is 24.7 Å². The fourth-order valence-electron chi connectivity index (χ4n) is 3.86. The van der Waals surface area contributed by atoms with Gasteiger partial charge in [-0.2, -0.15) is 0 Å². The van der Waals surface area contributed by atoms with Gasteiger partial charge < -0.3 is 15.0 Å². The molecule has 1 aromatic carbocycles. The molecule has 1 saturated heterocycles. The lowest BCUT2D eigenvalue weighted by molar-refractivity contribution is -0.158. The first-order chi connectivity index (χ1) is 14.4. The van der Waals surface area contributed by atoms with Crippen LogP contribution in [0.1, 0.15) is 51.5 Å². The molecule has 30 heavy (non-hydrogen) atoms. The fraction of sp³-hybridized carbons (Fsp3) is 0.545. The van der Waals surface area contributed by atoms with Crippen molar-refractivity contribution in [3.8, 4) is 0 Å². The number of ether oxygens (including phenoxy) is 1. The minimum absolute atomic E-state index is 0.0326. The van der Waals surface area contributed by atoms with Crippen LogP contribution in [0.15, 0.2) is 24.3 Å². The summed E-state index contributed by atoms with van der Waals surface area (Å²) in [7, 11) is 0. The number of hydrogen-bond donors (Lipinski definition) is 2. The van der Waals surface area contributed by atoms with E-state index in [1.54, 1.807) is 4.90 Å². The molecule has 0 radical (unpaired) electrons. The first-order valence-electron chi connectivity index (χ1n) is 10.6. The number of urea groups is 1. The highest BCUT2D eigenvalue weighted by Crippen LogP contribution is 2.26. The van der Waals surface area contributed by atoms with Crippen LogP contribution >= 0.6 is 0 Å². The van der Waals surface area contributed by atoms with E-state index in [1.807, 2.05) is 24.3 Å². The van der Waals surface area contributed by atoms with Gasteiger partial charge in [0.2, 0.25) is 5.91 Å². The molecule has 2 N–H and O–H groups in total. The van der Waals surface area contributed by atoms with Gasteiger partial charge in [0.05, 0.1) is 5.92 Å². The highest BCUT2D eigenvalue weighted by molar-refractivity contribution is 6.00. The minimum atomic E-state index is -1.13. The Morgan fingerprint density at radius 2 is 1.83 bits per heavy atom. The van der Waals surface area contributed by atoms with Gasteiger partial charge in [-0.15, -0.1) is 0 Å². The smallest absolute Gasteiger partial charge is 0.321 e. The summed E-state index contributed by atoms with van der Waals surface area (Å²) in [5, 5.41) is 4.96. The van der Waals surface area contributed by atoms with Crippen molar-refractivity contribution in [3.63, 3.8) is 0 Å². The second-order valence-electron chi connectivity index (χ2n) is 7.95. The number of carbonyl (C=O) groups excluding carboxylic acids is 4. The highest BCUT2D eigenvalue weighted by atomic mass is 16.5. The number of imide groups is 1. The fourth-order valence-corrected chi connectivity index (χ4v) is 3.86. The topological polar surface area (TPSA) is 105 Å². The van der Waals surface area contributed by atoms with E-state index in [0.717, 1.165) is 43.4 Å². The van der Waals surface area contributed by atoms with E-state index in [9.17, 15) is 19.2 Å². The molecule has 0 bridgehead atoms. The second-order valence-corrected chi connectivity index (χ2v) is 7.95. The zero-order valence-electron chi connectivity index (χ0n) is 17.5. The van der Waals surface area contributed by atoms with Gasteiger partial charge in [0.1, 0.15) is 0 Å². The Morgan fingerprint density at radius 1 is 1.17 bits per heavy atom. The summed E-state index contributed by atoms with van der Waals surface area (Å²) in [6.45, 7) is 3.67. The molecule has 1 aromatic rings. The molecule has 2 fully saturated rings. The molecule has 8 nitrogen and oxygen atoms in total. The Kier molecular flexibility index (Phi) is 7.07. The van der Waals surface area contributed by atoms with Gasteiger partial charge in [-0.1, -0.05) is 31.9 Å². The van der Waals surface area contributed by atoms with Crippen molar-refractivity contribution in [1.82, 2.24) is 10.6 Å². The average Bonchev–Trinajstić information content (AvgIpc) is 3.37. The Bertz CT molecular complexity index is 801. The maximum Gasteiger partial charge on any atom is 0.321 e. The van der Waals surface area contributed by atoms with Crippen LogP contribution in [0.4, 0.5) is 10.5 Å². The molecular weight excluding hydrogens is 386 g/mol.